The lowest BCUT2D eigenvalue weighted by molar-refractivity contribution is 0.0664. The highest BCUT2D eigenvalue weighted by atomic mass is 31.2. The number of fused-ring (bicyclic) bond motifs is 1. The third-order valence-corrected chi connectivity index (χ3v) is 7.91. The van der Waals surface area contributed by atoms with Gasteiger partial charge in [-0.3, -0.25) is 9.32 Å². The first kappa shape index (κ1) is 28.1. The Hall–Kier alpha value is -3.49. The van der Waals surface area contributed by atoms with E-state index in [4.69, 9.17) is 18.9 Å². The lowest BCUT2D eigenvalue weighted by Crippen LogP contribution is -2.19. The fourth-order valence-electron chi connectivity index (χ4n) is 4.93. The van der Waals surface area contributed by atoms with Crippen molar-refractivity contribution in [1.29, 1.82) is 0 Å². The van der Waals surface area contributed by atoms with Crippen molar-refractivity contribution >= 4 is 19.0 Å². The molecule has 2 aromatic heterocycles. The molecule has 2 aromatic carbocycles. The predicted octanol–water partition coefficient (Wildman–Crippen LogP) is 6.89. The Morgan fingerprint density at radius 2 is 1.80 bits per heavy atom. The van der Waals surface area contributed by atoms with E-state index in [-0.39, 0.29) is 12.2 Å². The van der Waals surface area contributed by atoms with Crippen LogP contribution in [0.3, 0.4) is 0 Å². The molecule has 0 fully saturated rings. The molecule has 1 aliphatic carbocycles. The monoisotopic (exact) mass is 563 g/mol. The second kappa shape index (κ2) is 12.4. The first-order valence-corrected chi connectivity index (χ1v) is 15.1. The highest BCUT2D eigenvalue weighted by molar-refractivity contribution is 7.47. The number of benzene rings is 2. The lowest BCUT2D eigenvalue weighted by Gasteiger charge is -2.14. The standard InChI is InChI=1S/C30H34N3O6P/c1-3-4-19-38-40(35,36)39-20-37-25-17-15-23(16-18-25)26-21(2)31-29-27(22-11-7-5-8-12-22)28(32-33(29)30(26)34)24-13-9-6-10-14-24/h6,9-11,13-18,31H,3-5,7-8,12,19-20H2,1-2H3,(H,35,36). The second-order valence-electron chi connectivity index (χ2n) is 9.83. The van der Waals surface area contributed by atoms with Gasteiger partial charge < -0.3 is 14.6 Å². The quantitative estimate of drug-likeness (QED) is 0.116. The number of nitrogens with one attached hydrogen (secondary N) is 1. The van der Waals surface area contributed by atoms with E-state index < -0.39 is 14.6 Å². The number of aromatic nitrogens is 3. The van der Waals surface area contributed by atoms with Crippen molar-refractivity contribution in [2.45, 2.75) is 52.4 Å². The van der Waals surface area contributed by atoms with E-state index in [0.717, 1.165) is 48.2 Å². The van der Waals surface area contributed by atoms with Crippen LogP contribution in [0.5, 0.6) is 5.75 Å². The van der Waals surface area contributed by atoms with Crippen molar-refractivity contribution in [3.63, 3.8) is 0 Å². The predicted molar refractivity (Wildman–Crippen MR) is 155 cm³/mol. The molecular formula is C30H34N3O6P. The topological polar surface area (TPSA) is 115 Å². The number of phosphoric ester groups is 1. The molecule has 0 bridgehead atoms. The average molecular weight is 564 g/mol. The summed E-state index contributed by atoms with van der Waals surface area (Å²) in [5.74, 6) is 0.421. The van der Waals surface area contributed by atoms with E-state index in [2.05, 4.69) is 11.1 Å². The third-order valence-electron chi connectivity index (χ3n) is 6.97. The van der Waals surface area contributed by atoms with Gasteiger partial charge in [0.05, 0.1) is 12.2 Å². The molecule has 4 aromatic rings. The molecule has 10 heteroatoms. The van der Waals surface area contributed by atoms with E-state index in [1.807, 2.05) is 44.2 Å². The number of nitrogens with zero attached hydrogens (tertiary/aromatic N) is 2. The minimum Gasteiger partial charge on any atom is -0.467 e. The van der Waals surface area contributed by atoms with Gasteiger partial charge in [0.1, 0.15) is 17.1 Å². The lowest BCUT2D eigenvalue weighted by atomic mass is 9.92. The molecule has 2 N–H and O–H groups in total. The van der Waals surface area contributed by atoms with Gasteiger partial charge in [-0.05, 0) is 62.3 Å². The van der Waals surface area contributed by atoms with Gasteiger partial charge in [-0.1, -0.05) is 61.9 Å². The van der Waals surface area contributed by atoms with Crippen LogP contribution in [0.2, 0.25) is 0 Å². The van der Waals surface area contributed by atoms with Crippen LogP contribution in [0.25, 0.3) is 33.6 Å². The summed E-state index contributed by atoms with van der Waals surface area (Å²) in [6.45, 7) is 3.54. The van der Waals surface area contributed by atoms with Crippen LogP contribution in [0.15, 0.2) is 65.5 Å². The number of allylic oxidation sites excluding steroid dienone is 2. The molecule has 40 heavy (non-hydrogen) atoms. The maximum Gasteiger partial charge on any atom is 0.475 e. The Kier molecular flexibility index (Phi) is 8.66. The summed E-state index contributed by atoms with van der Waals surface area (Å²) in [6.07, 6.45) is 8.01. The maximum absolute atomic E-state index is 13.8. The highest BCUT2D eigenvalue weighted by Gasteiger charge is 2.24. The number of hydrogen-bond acceptors (Lipinski definition) is 6. The SMILES string of the molecule is CCCCOP(=O)(O)OCOc1ccc(-c2c(C)[nH]c3c(C4=CCCCC4)c(-c4ccccc4)nn3c2=O)cc1. The normalized spacial score (nSPS) is 15.1. The number of unbranched alkanes of at least 4 members (excludes halogenated alkanes) is 1. The van der Waals surface area contributed by atoms with Crippen LogP contribution in [-0.4, -0.2) is 32.9 Å². The number of rotatable bonds is 11. The van der Waals surface area contributed by atoms with E-state index in [9.17, 15) is 14.3 Å². The number of aromatic amines is 1. The molecule has 0 saturated carbocycles. The highest BCUT2D eigenvalue weighted by Crippen LogP contribution is 2.43. The van der Waals surface area contributed by atoms with E-state index in [1.54, 1.807) is 24.3 Å². The Bertz CT molecular complexity index is 1610. The summed E-state index contributed by atoms with van der Waals surface area (Å²) >= 11 is 0. The number of phosphoric acid groups is 1. The largest absolute Gasteiger partial charge is 0.475 e. The Labute approximate surface area is 233 Å². The summed E-state index contributed by atoms with van der Waals surface area (Å²) in [6, 6.07) is 16.8. The second-order valence-corrected chi connectivity index (χ2v) is 11.3. The first-order valence-electron chi connectivity index (χ1n) is 13.6. The summed E-state index contributed by atoms with van der Waals surface area (Å²) in [5, 5.41) is 4.82. The van der Waals surface area contributed by atoms with Gasteiger partial charge >= 0.3 is 7.82 Å². The van der Waals surface area contributed by atoms with E-state index >= 15 is 0 Å². The van der Waals surface area contributed by atoms with Crippen LogP contribution in [-0.2, 0) is 13.6 Å². The zero-order valence-corrected chi connectivity index (χ0v) is 23.7. The summed E-state index contributed by atoms with van der Waals surface area (Å²) in [5.41, 5.74) is 6.38. The fraction of sp³-hybridized carbons (Fsp3) is 0.333. The Morgan fingerprint density at radius 1 is 1.02 bits per heavy atom. The van der Waals surface area contributed by atoms with Crippen LogP contribution in [0, 0.1) is 6.92 Å². The van der Waals surface area contributed by atoms with Crippen molar-refractivity contribution in [3.05, 3.63) is 82.3 Å². The summed E-state index contributed by atoms with van der Waals surface area (Å²) in [4.78, 5) is 27.0. The summed E-state index contributed by atoms with van der Waals surface area (Å²) < 4.78 is 28.6. The van der Waals surface area contributed by atoms with Gasteiger partial charge in [0.25, 0.3) is 5.56 Å². The van der Waals surface area contributed by atoms with Crippen molar-refractivity contribution in [2.75, 3.05) is 13.4 Å². The molecule has 0 amide bonds. The van der Waals surface area contributed by atoms with Crippen LogP contribution < -0.4 is 10.3 Å². The number of hydrogen-bond donors (Lipinski definition) is 2. The third kappa shape index (κ3) is 6.13. The Balaban J connectivity index is 1.44. The van der Waals surface area contributed by atoms with Gasteiger partial charge in [0, 0.05) is 16.8 Å². The average Bonchev–Trinajstić information content (AvgIpc) is 3.34. The molecule has 1 unspecified atom stereocenters. The van der Waals surface area contributed by atoms with E-state index in [1.165, 1.54) is 16.5 Å². The van der Waals surface area contributed by atoms with Crippen molar-refractivity contribution in [1.82, 2.24) is 14.6 Å². The van der Waals surface area contributed by atoms with Crippen LogP contribution in [0.1, 0.15) is 56.7 Å². The number of aryl methyl sites for hydroxylation is 1. The minimum atomic E-state index is -4.17. The van der Waals surface area contributed by atoms with Gasteiger partial charge in [-0.15, -0.1) is 0 Å². The number of H-pyrrole nitrogens is 1. The molecule has 0 saturated heterocycles. The molecule has 0 spiro atoms. The first-order chi connectivity index (χ1) is 19.4. The van der Waals surface area contributed by atoms with Gasteiger partial charge in [0.15, 0.2) is 6.79 Å². The van der Waals surface area contributed by atoms with E-state index in [0.29, 0.717) is 28.9 Å². The molecule has 210 valence electrons. The van der Waals surface area contributed by atoms with Gasteiger partial charge in [0.2, 0.25) is 0 Å². The zero-order chi connectivity index (χ0) is 28.1. The maximum atomic E-state index is 13.8. The van der Waals surface area contributed by atoms with Crippen LogP contribution >= 0.6 is 7.82 Å². The molecule has 2 heterocycles. The summed E-state index contributed by atoms with van der Waals surface area (Å²) in [7, 11) is -4.17. The molecule has 0 aliphatic heterocycles. The van der Waals surface area contributed by atoms with Crippen molar-refractivity contribution in [3.8, 4) is 28.1 Å². The van der Waals surface area contributed by atoms with Gasteiger partial charge in [-0.25, -0.2) is 9.09 Å². The fourth-order valence-corrected chi connectivity index (χ4v) is 5.55. The van der Waals surface area contributed by atoms with Gasteiger partial charge in [-0.2, -0.15) is 9.61 Å². The molecule has 1 atom stereocenters. The minimum absolute atomic E-state index is 0.138. The molecule has 9 nitrogen and oxygen atoms in total. The smallest absolute Gasteiger partial charge is 0.467 e. The molecule has 0 radical (unpaired) electrons. The Morgan fingerprint density at radius 3 is 2.50 bits per heavy atom. The molecule has 1 aliphatic rings. The van der Waals surface area contributed by atoms with Crippen LogP contribution in [0.4, 0.5) is 0 Å². The molecular weight excluding hydrogens is 529 g/mol. The molecule has 5 rings (SSSR count). The zero-order valence-electron chi connectivity index (χ0n) is 22.8. The van der Waals surface area contributed by atoms with Crippen molar-refractivity contribution < 1.29 is 23.2 Å². The van der Waals surface area contributed by atoms with Crippen molar-refractivity contribution in [2.24, 2.45) is 0 Å². The number of ether oxygens (including phenoxy) is 1.